The zero-order valence-electron chi connectivity index (χ0n) is 14.2. The van der Waals surface area contributed by atoms with E-state index in [0.717, 1.165) is 4.57 Å². The lowest BCUT2D eigenvalue weighted by Gasteiger charge is -2.17. The number of aliphatic hydroxyl groups excluding tert-OH is 1. The van der Waals surface area contributed by atoms with E-state index in [4.69, 9.17) is 9.47 Å². The number of rotatable bonds is 7. The average molecular weight is 348 g/mol. The minimum atomic E-state index is -0.563. The first kappa shape index (κ1) is 18.3. The number of aromatic nitrogens is 2. The zero-order chi connectivity index (χ0) is 18.4. The van der Waals surface area contributed by atoms with E-state index in [-0.39, 0.29) is 19.0 Å². The number of methoxy groups -OCH3 is 2. The van der Waals surface area contributed by atoms with Crippen LogP contribution in [0.4, 0.5) is 5.82 Å². The van der Waals surface area contributed by atoms with Crippen LogP contribution in [0, 0.1) is 0 Å². The summed E-state index contributed by atoms with van der Waals surface area (Å²) >= 11 is 0. The molecule has 1 heterocycles. The molecule has 0 unspecified atom stereocenters. The van der Waals surface area contributed by atoms with Crippen LogP contribution in [0.25, 0.3) is 0 Å². The van der Waals surface area contributed by atoms with E-state index < -0.39 is 11.2 Å². The Kier molecular flexibility index (Phi) is 5.96. The topological polar surface area (TPSA) is 109 Å². The van der Waals surface area contributed by atoms with Gasteiger partial charge in [-0.1, -0.05) is 0 Å². The first-order chi connectivity index (χ1) is 12.0. The summed E-state index contributed by atoms with van der Waals surface area (Å²) in [7, 11) is 4.44. The van der Waals surface area contributed by atoms with Crippen molar-refractivity contribution >= 4 is 12.0 Å². The van der Waals surface area contributed by atoms with Gasteiger partial charge in [0.25, 0.3) is 5.56 Å². The van der Waals surface area contributed by atoms with Gasteiger partial charge in [-0.2, -0.15) is 5.10 Å². The van der Waals surface area contributed by atoms with Crippen molar-refractivity contribution in [2.45, 2.75) is 0 Å². The molecule has 0 bridgehead atoms. The van der Waals surface area contributed by atoms with Gasteiger partial charge in [0.15, 0.2) is 11.5 Å². The Bertz CT molecular complexity index is 840. The lowest BCUT2D eigenvalue weighted by molar-refractivity contribution is 0.302. The minimum absolute atomic E-state index is 0.104. The average Bonchev–Trinajstić information content (AvgIpc) is 2.62. The van der Waals surface area contributed by atoms with Crippen molar-refractivity contribution in [2.75, 3.05) is 32.4 Å². The molecule has 0 atom stereocenters. The molecule has 1 aromatic heterocycles. The summed E-state index contributed by atoms with van der Waals surface area (Å²) in [5.74, 6) is 1.32. The normalized spacial score (nSPS) is 10.9. The van der Waals surface area contributed by atoms with Crippen LogP contribution in [-0.4, -0.2) is 48.2 Å². The highest BCUT2D eigenvalue weighted by Gasteiger charge is 2.09. The van der Waals surface area contributed by atoms with Crippen LogP contribution in [0.2, 0.25) is 0 Å². The SMILES string of the molecule is COc1ccc(/C=N/N(CCO)c2cc(=O)n(C)c(=O)[nH]2)cc1OC. The molecule has 0 fully saturated rings. The van der Waals surface area contributed by atoms with E-state index in [2.05, 4.69) is 10.1 Å². The van der Waals surface area contributed by atoms with Gasteiger partial charge >= 0.3 is 5.69 Å². The van der Waals surface area contributed by atoms with Gasteiger partial charge in [0.2, 0.25) is 0 Å². The fraction of sp³-hybridized carbons (Fsp3) is 0.312. The van der Waals surface area contributed by atoms with E-state index >= 15 is 0 Å². The number of nitrogens with zero attached hydrogens (tertiary/aromatic N) is 3. The van der Waals surface area contributed by atoms with Crippen molar-refractivity contribution in [1.29, 1.82) is 0 Å². The van der Waals surface area contributed by atoms with Crippen LogP contribution in [0.5, 0.6) is 11.5 Å². The van der Waals surface area contributed by atoms with Crippen LogP contribution in [0.1, 0.15) is 5.56 Å². The highest BCUT2D eigenvalue weighted by Crippen LogP contribution is 2.26. The van der Waals surface area contributed by atoms with Crippen LogP contribution >= 0.6 is 0 Å². The molecular formula is C16H20N4O5. The molecule has 0 aliphatic carbocycles. The van der Waals surface area contributed by atoms with Gasteiger partial charge in [0.05, 0.1) is 33.6 Å². The molecule has 0 saturated carbocycles. The predicted molar refractivity (Wildman–Crippen MR) is 93.9 cm³/mol. The molecule has 0 aliphatic rings. The Morgan fingerprint density at radius 3 is 2.56 bits per heavy atom. The number of H-pyrrole nitrogens is 1. The van der Waals surface area contributed by atoms with Gasteiger partial charge in [-0.05, 0) is 23.8 Å². The van der Waals surface area contributed by atoms with Crippen molar-refractivity contribution < 1.29 is 14.6 Å². The molecule has 0 saturated heterocycles. The summed E-state index contributed by atoms with van der Waals surface area (Å²) in [5, 5.41) is 14.8. The zero-order valence-corrected chi connectivity index (χ0v) is 14.2. The van der Waals surface area contributed by atoms with Gasteiger partial charge in [0, 0.05) is 13.1 Å². The molecule has 25 heavy (non-hydrogen) atoms. The molecule has 2 N–H and O–H groups in total. The van der Waals surface area contributed by atoms with Gasteiger partial charge in [-0.15, -0.1) is 0 Å². The second kappa shape index (κ2) is 8.15. The number of hydrogen-bond donors (Lipinski definition) is 2. The Balaban J connectivity index is 2.34. The Morgan fingerprint density at radius 1 is 1.24 bits per heavy atom. The summed E-state index contributed by atoms with van der Waals surface area (Å²) < 4.78 is 11.3. The fourth-order valence-electron chi connectivity index (χ4n) is 2.09. The highest BCUT2D eigenvalue weighted by molar-refractivity contribution is 5.81. The van der Waals surface area contributed by atoms with Crippen LogP contribution < -0.4 is 25.7 Å². The smallest absolute Gasteiger partial charge is 0.329 e. The fourth-order valence-corrected chi connectivity index (χ4v) is 2.09. The molecule has 1 aromatic carbocycles. The lowest BCUT2D eigenvalue weighted by Crippen LogP contribution is -2.35. The van der Waals surface area contributed by atoms with E-state index in [1.165, 1.54) is 31.4 Å². The third-order valence-electron chi connectivity index (χ3n) is 3.47. The molecule has 0 spiro atoms. The van der Waals surface area contributed by atoms with E-state index in [1.807, 2.05) is 0 Å². The van der Waals surface area contributed by atoms with Crippen molar-refractivity contribution in [3.63, 3.8) is 0 Å². The monoisotopic (exact) mass is 348 g/mol. The standard InChI is InChI=1S/C16H20N4O5/c1-19-15(22)9-14(18-16(19)23)20(6-7-21)17-10-11-4-5-12(24-2)13(8-11)25-3/h4-5,8-10,21H,6-7H2,1-3H3,(H,18,23)/b17-10+. The van der Waals surface area contributed by atoms with E-state index in [1.54, 1.807) is 25.3 Å². The maximum atomic E-state index is 11.8. The van der Waals surface area contributed by atoms with Crippen molar-refractivity contribution in [3.8, 4) is 11.5 Å². The number of aliphatic hydroxyl groups is 1. The summed E-state index contributed by atoms with van der Waals surface area (Å²) in [5.41, 5.74) is -0.318. The molecule has 9 nitrogen and oxygen atoms in total. The largest absolute Gasteiger partial charge is 0.493 e. The number of hydrazone groups is 1. The highest BCUT2D eigenvalue weighted by atomic mass is 16.5. The number of ether oxygens (including phenoxy) is 2. The second-order valence-electron chi connectivity index (χ2n) is 5.06. The predicted octanol–water partition coefficient (Wildman–Crippen LogP) is -0.0764. The maximum Gasteiger partial charge on any atom is 0.329 e. The first-order valence-corrected chi connectivity index (χ1v) is 7.45. The van der Waals surface area contributed by atoms with Crippen LogP contribution in [-0.2, 0) is 7.05 Å². The number of hydrogen-bond acceptors (Lipinski definition) is 7. The summed E-state index contributed by atoms with van der Waals surface area (Å²) in [6.07, 6.45) is 1.52. The van der Waals surface area contributed by atoms with Gasteiger partial charge < -0.3 is 14.6 Å². The summed E-state index contributed by atoms with van der Waals surface area (Å²) in [4.78, 5) is 26.0. The first-order valence-electron chi connectivity index (χ1n) is 7.45. The minimum Gasteiger partial charge on any atom is -0.493 e. The molecule has 134 valence electrons. The number of nitrogens with one attached hydrogen (secondary N) is 1. The van der Waals surface area contributed by atoms with Crippen molar-refractivity contribution in [2.24, 2.45) is 12.1 Å². The molecule has 9 heteroatoms. The second-order valence-corrected chi connectivity index (χ2v) is 5.06. The molecule has 2 rings (SSSR count). The quantitative estimate of drug-likeness (QED) is 0.535. The lowest BCUT2D eigenvalue weighted by atomic mass is 10.2. The molecular weight excluding hydrogens is 328 g/mol. The number of benzene rings is 1. The Hall–Kier alpha value is -3.07. The van der Waals surface area contributed by atoms with E-state index in [0.29, 0.717) is 17.1 Å². The van der Waals surface area contributed by atoms with Crippen molar-refractivity contribution in [1.82, 2.24) is 9.55 Å². The van der Waals surface area contributed by atoms with Gasteiger partial charge in [-0.3, -0.25) is 14.3 Å². The number of aromatic amines is 1. The maximum absolute atomic E-state index is 11.8. The van der Waals surface area contributed by atoms with Crippen LogP contribution in [0.15, 0.2) is 39.0 Å². The molecule has 0 radical (unpaired) electrons. The van der Waals surface area contributed by atoms with Crippen molar-refractivity contribution in [3.05, 3.63) is 50.7 Å². The molecule has 2 aromatic rings. The van der Waals surface area contributed by atoms with E-state index in [9.17, 15) is 14.7 Å². The van der Waals surface area contributed by atoms with Gasteiger partial charge in [0.1, 0.15) is 5.82 Å². The summed E-state index contributed by atoms with van der Waals surface area (Å²) in [6.45, 7) is -0.104. The van der Waals surface area contributed by atoms with Gasteiger partial charge in [-0.25, -0.2) is 9.80 Å². The number of anilines is 1. The Labute approximate surface area is 143 Å². The van der Waals surface area contributed by atoms with Crippen LogP contribution in [0.3, 0.4) is 0 Å². The third kappa shape index (κ3) is 4.27. The molecule has 0 amide bonds. The summed E-state index contributed by atoms with van der Waals surface area (Å²) in [6, 6.07) is 6.47. The Morgan fingerprint density at radius 2 is 1.96 bits per heavy atom. The third-order valence-corrected chi connectivity index (χ3v) is 3.47. The molecule has 0 aliphatic heterocycles.